The molecule has 2 unspecified atom stereocenters. The molecule has 1 heterocycles. The summed E-state index contributed by atoms with van der Waals surface area (Å²) in [4.78, 5) is 34.1. The summed E-state index contributed by atoms with van der Waals surface area (Å²) < 4.78 is 7.94. The average Bonchev–Trinajstić information content (AvgIpc) is 3.65. The van der Waals surface area contributed by atoms with Gasteiger partial charge in [0.25, 0.3) is 0 Å². The van der Waals surface area contributed by atoms with Crippen LogP contribution in [0.4, 0.5) is 0 Å². The number of nitrogens with two attached hydrogens (primary N) is 1. The van der Waals surface area contributed by atoms with E-state index >= 15 is 0 Å². The van der Waals surface area contributed by atoms with Crippen molar-refractivity contribution >= 4 is 17.5 Å². The van der Waals surface area contributed by atoms with Crippen LogP contribution in [0, 0.1) is 5.92 Å². The number of aliphatic hydroxyl groups excluding tert-OH is 1. The lowest BCUT2D eigenvalue weighted by molar-refractivity contribution is -0.133. The Balaban J connectivity index is 1.50. The summed E-state index contributed by atoms with van der Waals surface area (Å²) in [6, 6.07) is 5.17. The van der Waals surface area contributed by atoms with Crippen LogP contribution in [0.3, 0.4) is 0 Å². The zero-order valence-corrected chi connectivity index (χ0v) is 22.9. The largest absolute Gasteiger partial charge is 0.504 e. The summed E-state index contributed by atoms with van der Waals surface area (Å²) in [6.07, 6.45) is 12.8. The van der Waals surface area contributed by atoms with E-state index in [-0.39, 0.29) is 55.3 Å². The number of aliphatic imine (C=N–C) groups is 1. The number of carbonyl (C=O) groups is 2. The molecule has 2 aromatic rings. The van der Waals surface area contributed by atoms with E-state index < -0.39 is 5.92 Å². The number of phenolic OH excluding ortho intramolecular Hbond substituents is 1. The van der Waals surface area contributed by atoms with E-state index in [4.69, 9.17) is 10.5 Å². The van der Waals surface area contributed by atoms with Gasteiger partial charge in [-0.05, 0) is 75.5 Å². The maximum Gasteiger partial charge on any atom is 0.188 e. The van der Waals surface area contributed by atoms with E-state index in [9.17, 15) is 19.8 Å². The standard InChI is InChI=1S/C29H43N5O5/c1-31-29(30)33-22(13-16-34-17-15-32-20-34)5-4-8-25(36)24(14-18-35)26(37)11-9-21-10-12-27(38)28(19-21)39-23-6-2-3-7-23/h10,12,15,17,19-20,22-24,35,38H,2-9,11,13-14,16,18H2,1H3,(H3,30,31,33). The van der Waals surface area contributed by atoms with Crippen LogP contribution in [-0.4, -0.2) is 63.1 Å². The number of guanidine groups is 1. The Kier molecular flexibility index (Phi) is 12.3. The summed E-state index contributed by atoms with van der Waals surface area (Å²) in [5, 5.41) is 22.9. The fraction of sp³-hybridized carbons (Fsp3) is 0.586. The molecule has 0 bridgehead atoms. The van der Waals surface area contributed by atoms with Gasteiger partial charge in [-0.25, -0.2) is 4.98 Å². The number of hydrogen-bond donors (Lipinski definition) is 4. The third kappa shape index (κ3) is 10.0. The van der Waals surface area contributed by atoms with Gasteiger partial charge in [0, 0.05) is 51.5 Å². The van der Waals surface area contributed by atoms with Crippen molar-refractivity contribution in [3.05, 3.63) is 42.5 Å². The fourth-order valence-electron chi connectivity index (χ4n) is 5.05. The number of aromatic nitrogens is 2. The lowest BCUT2D eigenvalue weighted by Crippen LogP contribution is -2.40. The zero-order chi connectivity index (χ0) is 28.0. The highest BCUT2D eigenvalue weighted by molar-refractivity contribution is 6.02. The lowest BCUT2D eigenvalue weighted by Gasteiger charge is -2.20. The third-order valence-electron chi connectivity index (χ3n) is 7.34. The molecule has 2 atom stereocenters. The van der Waals surface area contributed by atoms with Gasteiger partial charge in [-0.3, -0.25) is 14.6 Å². The number of ketones is 2. The summed E-state index contributed by atoms with van der Waals surface area (Å²) in [6.45, 7) is 0.526. The summed E-state index contributed by atoms with van der Waals surface area (Å²) in [7, 11) is 1.62. The Bertz CT molecular complexity index is 1070. The van der Waals surface area contributed by atoms with Crippen molar-refractivity contribution in [2.45, 2.75) is 89.3 Å². The van der Waals surface area contributed by atoms with Crippen molar-refractivity contribution < 1.29 is 24.5 Å². The van der Waals surface area contributed by atoms with Crippen molar-refractivity contribution in [3.8, 4) is 11.5 Å². The predicted octanol–water partition coefficient (Wildman–Crippen LogP) is 3.14. The highest BCUT2D eigenvalue weighted by Gasteiger charge is 2.26. The lowest BCUT2D eigenvalue weighted by atomic mass is 9.89. The molecule has 0 amide bonds. The minimum absolute atomic E-state index is 0.0195. The summed E-state index contributed by atoms with van der Waals surface area (Å²) >= 11 is 0. The highest BCUT2D eigenvalue weighted by atomic mass is 16.5. The average molecular weight is 542 g/mol. The Morgan fingerprint density at radius 2 is 1.97 bits per heavy atom. The number of phenols is 1. The summed E-state index contributed by atoms with van der Waals surface area (Å²) in [5.74, 6) is -0.250. The van der Waals surface area contributed by atoms with Crippen LogP contribution in [0.15, 0.2) is 41.9 Å². The van der Waals surface area contributed by atoms with E-state index in [1.807, 2.05) is 10.8 Å². The maximum atomic E-state index is 13.0. The predicted molar refractivity (Wildman–Crippen MR) is 150 cm³/mol. The molecule has 1 aromatic heterocycles. The molecular formula is C29H43N5O5. The molecular weight excluding hydrogens is 498 g/mol. The zero-order valence-electron chi connectivity index (χ0n) is 22.9. The van der Waals surface area contributed by atoms with E-state index in [1.54, 1.807) is 37.8 Å². The molecule has 1 aliphatic carbocycles. The second kappa shape index (κ2) is 15.9. The topological polar surface area (TPSA) is 152 Å². The van der Waals surface area contributed by atoms with Gasteiger partial charge in [0.1, 0.15) is 11.6 Å². The molecule has 0 spiro atoms. The van der Waals surface area contributed by atoms with Gasteiger partial charge in [0.2, 0.25) is 0 Å². The SMILES string of the molecule is CN=C(N)NC(CCCC(=O)C(CCO)C(=O)CCc1ccc(O)c(OC2CCCC2)c1)CCn1ccnc1. The number of aromatic hydroxyl groups is 1. The van der Waals surface area contributed by atoms with Crippen LogP contribution >= 0.6 is 0 Å². The van der Waals surface area contributed by atoms with Crippen LogP contribution in [0.5, 0.6) is 11.5 Å². The second-order valence-electron chi connectivity index (χ2n) is 10.3. The fourth-order valence-corrected chi connectivity index (χ4v) is 5.05. The molecule has 10 nitrogen and oxygen atoms in total. The van der Waals surface area contributed by atoms with Gasteiger partial charge in [0.15, 0.2) is 17.5 Å². The van der Waals surface area contributed by atoms with Crippen molar-refractivity contribution in [3.63, 3.8) is 0 Å². The Morgan fingerprint density at radius 3 is 2.67 bits per heavy atom. The van der Waals surface area contributed by atoms with E-state index in [2.05, 4.69) is 15.3 Å². The number of nitrogens with one attached hydrogen (secondary N) is 1. The Hall–Kier alpha value is -3.40. The van der Waals surface area contributed by atoms with Crippen LogP contribution in [-0.2, 0) is 22.6 Å². The second-order valence-corrected chi connectivity index (χ2v) is 10.3. The van der Waals surface area contributed by atoms with Crippen LogP contribution in [0.2, 0.25) is 0 Å². The number of ether oxygens (including phenoxy) is 1. The van der Waals surface area contributed by atoms with Crippen molar-refractivity contribution in [1.29, 1.82) is 0 Å². The maximum absolute atomic E-state index is 13.0. The first-order valence-electron chi connectivity index (χ1n) is 14.0. The first-order chi connectivity index (χ1) is 18.9. The highest BCUT2D eigenvalue weighted by Crippen LogP contribution is 2.32. The first kappa shape index (κ1) is 30.1. The van der Waals surface area contributed by atoms with Crippen molar-refractivity contribution in [2.24, 2.45) is 16.6 Å². The number of rotatable bonds is 17. The first-order valence-corrected chi connectivity index (χ1v) is 14.0. The molecule has 0 aliphatic heterocycles. The minimum atomic E-state index is -0.819. The van der Waals surface area contributed by atoms with Gasteiger partial charge in [-0.1, -0.05) is 6.07 Å². The number of Topliss-reactive ketones (excluding diaryl/α,β-unsaturated/α-hetero) is 2. The van der Waals surface area contributed by atoms with Gasteiger partial charge in [-0.2, -0.15) is 0 Å². The molecule has 10 heteroatoms. The number of carbonyl (C=O) groups excluding carboxylic acids is 2. The molecule has 5 N–H and O–H groups in total. The molecule has 1 fully saturated rings. The molecule has 3 rings (SSSR count). The molecule has 1 aromatic carbocycles. The number of aliphatic hydroxyl groups is 1. The minimum Gasteiger partial charge on any atom is -0.504 e. The molecule has 1 aliphatic rings. The normalized spacial score (nSPS) is 15.7. The van der Waals surface area contributed by atoms with Gasteiger partial charge in [0.05, 0.1) is 18.3 Å². The van der Waals surface area contributed by atoms with E-state index in [1.165, 1.54) is 0 Å². The Morgan fingerprint density at radius 1 is 1.21 bits per heavy atom. The van der Waals surface area contributed by atoms with Crippen molar-refractivity contribution in [2.75, 3.05) is 13.7 Å². The number of hydrogen-bond acceptors (Lipinski definition) is 7. The van der Waals surface area contributed by atoms with Crippen LogP contribution in [0.25, 0.3) is 0 Å². The quantitative estimate of drug-likeness (QED) is 0.135. The number of nitrogens with zero attached hydrogens (tertiary/aromatic N) is 3. The molecule has 1 saturated carbocycles. The Labute approximate surface area is 230 Å². The number of aryl methyl sites for hydroxylation is 2. The number of benzene rings is 1. The van der Waals surface area contributed by atoms with E-state index in [0.29, 0.717) is 31.0 Å². The monoisotopic (exact) mass is 541 g/mol. The van der Waals surface area contributed by atoms with E-state index in [0.717, 1.165) is 44.2 Å². The van der Waals surface area contributed by atoms with Crippen LogP contribution < -0.4 is 15.8 Å². The third-order valence-corrected chi connectivity index (χ3v) is 7.34. The van der Waals surface area contributed by atoms with Gasteiger partial charge < -0.3 is 30.6 Å². The van der Waals surface area contributed by atoms with Crippen molar-refractivity contribution in [1.82, 2.24) is 14.9 Å². The molecule has 0 saturated heterocycles. The smallest absolute Gasteiger partial charge is 0.188 e. The van der Waals surface area contributed by atoms with Crippen LogP contribution in [0.1, 0.15) is 69.8 Å². The molecule has 39 heavy (non-hydrogen) atoms. The molecule has 214 valence electrons. The van der Waals surface area contributed by atoms with Gasteiger partial charge >= 0.3 is 0 Å². The van der Waals surface area contributed by atoms with Gasteiger partial charge in [-0.15, -0.1) is 0 Å². The molecule has 0 radical (unpaired) electrons. The summed E-state index contributed by atoms with van der Waals surface area (Å²) in [5.41, 5.74) is 6.75. The number of imidazole rings is 1.